The number of carboxylic acid groups (broad SMARTS) is 1. The number of hydrogen-bond acceptors (Lipinski definition) is 17. The van der Waals surface area contributed by atoms with E-state index in [-0.39, 0.29) is 70.7 Å². The van der Waals surface area contributed by atoms with E-state index in [0.717, 1.165) is 0 Å². The van der Waals surface area contributed by atoms with Gasteiger partial charge in [-0.05, 0) is 97.8 Å². The fourth-order valence-electron chi connectivity index (χ4n) is 7.58. The first-order chi connectivity index (χ1) is 34.8. The molecule has 0 radical (unpaired) electrons. The maximum atomic E-state index is 14.2. The number of aromatic amines is 1. The van der Waals surface area contributed by atoms with E-state index < -0.39 is 120 Å². The van der Waals surface area contributed by atoms with E-state index in [1.165, 1.54) is 30.4 Å². The first-order valence-electron chi connectivity index (χ1n) is 24.3. The molecule has 410 valence electrons. The van der Waals surface area contributed by atoms with Crippen LogP contribution < -0.4 is 76.9 Å². The molecule has 0 aliphatic carbocycles. The predicted octanol–water partition coefficient (Wildman–Crippen LogP) is -6.84. The second kappa shape index (κ2) is 33.8. The largest absolute Gasteiger partial charge is 0.477 e. The van der Waals surface area contributed by atoms with Gasteiger partial charge >= 0.3 is 5.97 Å². The molecule has 23 N–H and O–H groups in total. The second-order valence-corrected chi connectivity index (χ2v) is 17.3. The molecule has 0 aromatic carbocycles. The molecule has 1 unspecified atom stereocenters. The van der Waals surface area contributed by atoms with Gasteiger partial charge < -0.3 is 97.0 Å². The molecule has 73 heavy (non-hydrogen) atoms. The van der Waals surface area contributed by atoms with Crippen LogP contribution in [0.1, 0.15) is 83.2 Å². The van der Waals surface area contributed by atoms with Crippen LogP contribution in [-0.2, 0) is 49.6 Å². The number of aliphatic hydroxyl groups excluding tert-OH is 1. The fourth-order valence-corrected chi connectivity index (χ4v) is 7.58. The molecule has 2 rings (SSSR count). The van der Waals surface area contributed by atoms with Gasteiger partial charge in [0.05, 0.1) is 25.0 Å². The van der Waals surface area contributed by atoms with Gasteiger partial charge in [0.2, 0.25) is 47.3 Å². The number of likely N-dealkylation sites (tertiary alicyclic amines) is 1. The molecule has 1 saturated heterocycles. The van der Waals surface area contributed by atoms with Crippen molar-refractivity contribution in [2.24, 2.45) is 39.4 Å². The number of aliphatic hydroxyl groups is 1. The number of amides is 8. The number of rotatable bonds is 35. The maximum absolute atomic E-state index is 14.2. The molecule has 1 aliphatic rings. The van der Waals surface area contributed by atoms with Crippen molar-refractivity contribution in [1.29, 1.82) is 0 Å². The zero-order valence-corrected chi connectivity index (χ0v) is 41.7. The van der Waals surface area contributed by atoms with E-state index in [1.807, 2.05) is 0 Å². The first-order valence-corrected chi connectivity index (χ1v) is 24.3. The molecule has 29 nitrogen and oxygen atoms in total. The summed E-state index contributed by atoms with van der Waals surface area (Å²) in [5.74, 6) is -7.78. The number of carbonyl (C=O) groups excluding carboxylic acids is 8. The number of H-pyrrole nitrogens is 1. The van der Waals surface area contributed by atoms with Gasteiger partial charge in [0.15, 0.2) is 5.96 Å². The van der Waals surface area contributed by atoms with Crippen molar-refractivity contribution in [3.8, 4) is 0 Å². The number of unbranched alkanes of at least 4 members (excludes halogenated alkanes) is 2. The number of imidazole rings is 1. The second-order valence-electron chi connectivity index (χ2n) is 17.3. The Kier molecular flexibility index (Phi) is 28.8. The van der Waals surface area contributed by atoms with Gasteiger partial charge in [-0.3, -0.25) is 43.3 Å². The lowest BCUT2D eigenvalue weighted by Crippen LogP contribution is -2.60. The topological polar surface area (TPSA) is 491 Å². The molecule has 8 amide bonds. The summed E-state index contributed by atoms with van der Waals surface area (Å²) in [6, 6.07) is -8.43. The average Bonchev–Trinajstić information content (AvgIpc) is 4.08. The highest BCUT2D eigenvalue weighted by Gasteiger charge is 2.40. The maximum Gasteiger partial charge on any atom is 0.352 e. The zero-order valence-electron chi connectivity index (χ0n) is 41.7. The number of nitrogens with zero attached hydrogens (tertiary/aromatic N) is 3. The Bertz CT molecular complexity index is 2020. The molecule has 1 aromatic rings. The number of nitrogens with one attached hydrogen (secondary N) is 9. The van der Waals surface area contributed by atoms with E-state index in [9.17, 15) is 53.4 Å². The molecule has 1 aromatic heterocycles. The number of hydrogen-bond donors (Lipinski definition) is 17. The highest BCUT2D eigenvalue weighted by molar-refractivity contribution is 5.99. The van der Waals surface area contributed by atoms with Gasteiger partial charge in [0, 0.05) is 37.9 Å². The number of aromatic nitrogens is 2. The van der Waals surface area contributed by atoms with Crippen molar-refractivity contribution in [2.75, 3.05) is 52.9 Å². The lowest BCUT2D eigenvalue weighted by Gasteiger charge is -2.30. The lowest BCUT2D eigenvalue weighted by molar-refractivity contribution is -0.142. The Morgan fingerprint density at radius 3 is 2.04 bits per heavy atom. The van der Waals surface area contributed by atoms with Gasteiger partial charge in [-0.1, -0.05) is 12.5 Å². The van der Waals surface area contributed by atoms with Crippen LogP contribution in [0.2, 0.25) is 0 Å². The summed E-state index contributed by atoms with van der Waals surface area (Å²) >= 11 is 0. The number of aliphatic imine (C=N–C) groups is 1. The summed E-state index contributed by atoms with van der Waals surface area (Å²) in [5, 5.41) is 40.6. The Morgan fingerprint density at radius 2 is 1.45 bits per heavy atom. The quantitative estimate of drug-likeness (QED) is 0.0130. The van der Waals surface area contributed by atoms with E-state index in [4.69, 9.17) is 34.4 Å². The molecule has 29 heteroatoms. The Balaban J connectivity index is 2.20. The number of likely N-dealkylation sites (N-methyl/N-ethyl adjacent to an activating group) is 1. The zero-order chi connectivity index (χ0) is 54.5. The van der Waals surface area contributed by atoms with E-state index in [2.05, 4.69) is 57.5 Å². The van der Waals surface area contributed by atoms with Crippen molar-refractivity contribution in [3.05, 3.63) is 30.0 Å². The van der Waals surface area contributed by atoms with E-state index in [1.54, 1.807) is 7.05 Å². The number of carbonyl (C=O) groups is 9. The molecule has 0 bridgehead atoms. The highest BCUT2D eigenvalue weighted by atomic mass is 16.4. The standard InChI is InChI=1S/C44H78N18O11/c1-25(56-41(70)35(33(63)21-48)61-37(66)27(51-2)10-3-5-15-45)36(65)54-23-34(64)57-29(12-7-17-47)42(71)62-19-9-14-32(62)40(69)60-31(20-26-22-52-24-55-26)39(68)58-28(11-4-6-16-46)38(67)59-30(43(72)73)13-8-18-53-44(49)50/h13,22,24-25,27-29,31-33,35,51,63H,3-12,14-21,23,45-48H2,1-2H3,(H,52,55)(H,54,65)(H,56,70)(H,57,64)(H,58,68)(H,59,67)(H,60,69)(H,61,66)(H,72,73)(H4,49,50,53)/b30-13-/t25-,27-,28-,29+,31-,32-,33?,35-/m0/s1. The van der Waals surface area contributed by atoms with Crippen LogP contribution in [0, 0.1) is 0 Å². The SMILES string of the molecule is CN[C@@H](CCCCN)C(=O)N[C@H](C(=O)N[C@@H](C)C(=O)NCC(=O)N[C@H](CCCN)C(=O)N1CCC[C@H]1C(=O)N[C@@H](Cc1cnc[nH]1)C(=O)N[C@@H](CCCCN)C(=O)N/C(=C\CCN=C(N)N)C(=O)O)C(O)CN. The van der Waals surface area contributed by atoms with Gasteiger partial charge in [-0.15, -0.1) is 0 Å². The number of guanidine groups is 1. The van der Waals surface area contributed by atoms with Gasteiger partial charge in [-0.25, -0.2) is 9.78 Å². The van der Waals surface area contributed by atoms with Gasteiger partial charge in [-0.2, -0.15) is 0 Å². The summed E-state index contributed by atoms with van der Waals surface area (Å²) in [4.78, 5) is 132. The molecular weight excluding hydrogens is 957 g/mol. The van der Waals surface area contributed by atoms with Crippen LogP contribution in [0.5, 0.6) is 0 Å². The molecular formula is C44H78N18O11. The van der Waals surface area contributed by atoms with E-state index in [0.29, 0.717) is 50.8 Å². The third kappa shape index (κ3) is 22.3. The summed E-state index contributed by atoms with van der Waals surface area (Å²) in [6.45, 7) is 1.28. The minimum absolute atomic E-state index is 0.0437. The minimum Gasteiger partial charge on any atom is -0.477 e. The lowest BCUT2D eigenvalue weighted by atomic mass is 10.1. The van der Waals surface area contributed by atoms with Crippen LogP contribution >= 0.6 is 0 Å². The van der Waals surface area contributed by atoms with Crippen LogP contribution in [0.25, 0.3) is 0 Å². The monoisotopic (exact) mass is 1030 g/mol. The third-order valence-corrected chi connectivity index (χ3v) is 11.6. The van der Waals surface area contributed by atoms with E-state index >= 15 is 0 Å². The Hall–Kier alpha value is -6.79. The number of aliphatic carboxylic acids is 1. The predicted molar refractivity (Wildman–Crippen MR) is 267 cm³/mol. The fraction of sp³-hybridized carbons (Fsp3) is 0.659. The smallest absolute Gasteiger partial charge is 0.352 e. The summed E-state index contributed by atoms with van der Waals surface area (Å²) in [5.41, 5.74) is 33.2. The average molecular weight is 1040 g/mol. The minimum atomic E-state index is -1.52. The van der Waals surface area contributed by atoms with Crippen molar-refractivity contribution < 1.29 is 53.4 Å². The van der Waals surface area contributed by atoms with Crippen molar-refractivity contribution >= 4 is 59.2 Å². The molecule has 2 heterocycles. The van der Waals surface area contributed by atoms with Crippen molar-refractivity contribution in [1.82, 2.24) is 57.4 Å². The van der Waals surface area contributed by atoms with Crippen molar-refractivity contribution in [3.63, 3.8) is 0 Å². The summed E-state index contributed by atoms with van der Waals surface area (Å²) in [6.07, 6.45) is 5.91. The normalized spacial score (nSPS) is 16.3. The number of carboxylic acids is 1. The van der Waals surface area contributed by atoms with Crippen LogP contribution in [-0.4, -0.2) is 186 Å². The summed E-state index contributed by atoms with van der Waals surface area (Å²) < 4.78 is 0. The third-order valence-electron chi connectivity index (χ3n) is 11.6. The Labute approximate surface area is 423 Å². The van der Waals surface area contributed by atoms with Crippen LogP contribution in [0.3, 0.4) is 0 Å². The van der Waals surface area contributed by atoms with Crippen LogP contribution in [0.4, 0.5) is 0 Å². The first kappa shape index (κ1) is 62.3. The Morgan fingerprint density at radius 1 is 0.808 bits per heavy atom. The van der Waals surface area contributed by atoms with Crippen molar-refractivity contribution in [2.45, 2.75) is 132 Å². The molecule has 1 aliphatic heterocycles. The van der Waals surface area contributed by atoms with Gasteiger partial charge in [0.25, 0.3) is 0 Å². The molecule has 8 atom stereocenters. The molecule has 0 spiro atoms. The highest BCUT2D eigenvalue weighted by Crippen LogP contribution is 2.20. The molecule has 1 fully saturated rings. The summed E-state index contributed by atoms with van der Waals surface area (Å²) in [7, 11) is 1.56. The number of nitrogens with two attached hydrogens (primary N) is 6. The molecule has 0 saturated carbocycles. The van der Waals surface area contributed by atoms with Crippen LogP contribution in [0.15, 0.2) is 29.3 Å². The van der Waals surface area contributed by atoms with Gasteiger partial charge in [0.1, 0.15) is 41.9 Å².